The van der Waals surface area contributed by atoms with Crippen molar-refractivity contribution < 1.29 is 19.4 Å². The van der Waals surface area contributed by atoms with Gasteiger partial charge >= 0.3 is 5.97 Å². The molecule has 0 bridgehead atoms. The number of hydrogen-bond donors (Lipinski definition) is 1. The molecule has 1 aliphatic heterocycles. The van der Waals surface area contributed by atoms with Crippen molar-refractivity contribution in [3.8, 4) is 11.5 Å². The van der Waals surface area contributed by atoms with Crippen molar-refractivity contribution in [1.29, 1.82) is 0 Å². The molecule has 0 saturated heterocycles. The predicted molar refractivity (Wildman–Crippen MR) is 53.5 cm³/mol. The summed E-state index contributed by atoms with van der Waals surface area (Å²) in [5.74, 6) is 0.541. The van der Waals surface area contributed by atoms with Gasteiger partial charge in [0.2, 0.25) is 0 Å². The van der Waals surface area contributed by atoms with E-state index in [0.29, 0.717) is 19.0 Å². The Morgan fingerprint density at radius 2 is 2.13 bits per heavy atom. The Balaban J connectivity index is 2.36. The molecule has 0 unspecified atom stereocenters. The summed E-state index contributed by atoms with van der Waals surface area (Å²) in [4.78, 5) is 10.6. The lowest BCUT2D eigenvalue weighted by Gasteiger charge is -2.20. The van der Waals surface area contributed by atoms with E-state index in [1.54, 1.807) is 6.07 Å². The molecule has 0 aliphatic carbocycles. The zero-order valence-corrected chi connectivity index (χ0v) is 8.45. The third-order valence-electron chi connectivity index (χ3n) is 2.24. The van der Waals surface area contributed by atoms with Crippen LogP contribution in [0.5, 0.6) is 11.5 Å². The van der Waals surface area contributed by atoms with Crippen LogP contribution in [-0.2, 0) is 11.2 Å². The number of fused-ring (bicyclic) bond motifs is 1. The summed E-state index contributed by atoms with van der Waals surface area (Å²) in [6.07, 6.45) is 0.0114. The summed E-state index contributed by atoms with van der Waals surface area (Å²) in [5.41, 5.74) is 1.66. The second-order valence-corrected chi connectivity index (χ2v) is 3.51. The van der Waals surface area contributed by atoms with Gasteiger partial charge in [0.05, 0.1) is 6.42 Å². The van der Waals surface area contributed by atoms with Crippen molar-refractivity contribution in [3.05, 3.63) is 23.3 Å². The lowest BCUT2D eigenvalue weighted by Crippen LogP contribution is -2.16. The van der Waals surface area contributed by atoms with Crippen LogP contribution < -0.4 is 9.47 Å². The third kappa shape index (κ3) is 2.03. The van der Waals surface area contributed by atoms with Gasteiger partial charge in [-0.05, 0) is 24.1 Å². The van der Waals surface area contributed by atoms with E-state index in [-0.39, 0.29) is 6.42 Å². The fourth-order valence-electron chi connectivity index (χ4n) is 1.68. The molecule has 0 aromatic heterocycles. The van der Waals surface area contributed by atoms with Gasteiger partial charge in [-0.25, -0.2) is 0 Å². The molecule has 1 heterocycles. The normalized spacial score (nSPS) is 13.7. The number of carbonyl (C=O) groups is 1. The fourth-order valence-corrected chi connectivity index (χ4v) is 1.68. The van der Waals surface area contributed by atoms with Crippen LogP contribution >= 0.6 is 0 Å². The van der Waals surface area contributed by atoms with Gasteiger partial charge in [0.1, 0.15) is 13.2 Å². The smallest absolute Gasteiger partial charge is 0.307 e. The first-order valence-electron chi connectivity index (χ1n) is 4.78. The minimum Gasteiger partial charge on any atom is -0.486 e. The molecule has 0 amide bonds. The zero-order valence-electron chi connectivity index (χ0n) is 8.45. The third-order valence-corrected chi connectivity index (χ3v) is 2.24. The monoisotopic (exact) mass is 208 g/mol. The first-order valence-corrected chi connectivity index (χ1v) is 4.78. The van der Waals surface area contributed by atoms with Crippen LogP contribution in [0.15, 0.2) is 12.1 Å². The van der Waals surface area contributed by atoms with E-state index in [2.05, 4.69) is 0 Å². The molecule has 1 aliphatic rings. The maximum absolute atomic E-state index is 10.6. The molecular formula is C11H12O4. The van der Waals surface area contributed by atoms with E-state index >= 15 is 0 Å². The average Bonchev–Trinajstić information content (AvgIpc) is 2.16. The van der Waals surface area contributed by atoms with Crippen molar-refractivity contribution in [2.24, 2.45) is 0 Å². The van der Waals surface area contributed by atoms with Gasteiger partial charge in [0, 0.05) is 0 Å². The predicted octanol–water partition coefficient (Wildman–Crippen LogP) is 1.39. The molecule has 1 aromatic rings. The number of benzene rings is 1. The SMILES string of the molecule is Cc1cc(CC(=O)O)cc2c1OCCO2. The van der Waals surface area contributed by atoms with Crippen LogP contribution in [0.3, 0.4) is 0 Å². The number of carboxylic acids is 1. The van der Waals surface area contributed by atoms with Gasteiger partial charge in [-0.1, -0.05) is 6.07 Å². The summed E-state index contributed by atoms with van der Waals surface area (Å²) in [5, 5.41) is 8.69. The molecule has 80 valence electrons. The van der Waals surface area contributed by atoms with E-state index in [4.69, 9.17) is 14.6 Å². The molecule has 0 radical (unpaired) electrons. The molecule has 1 aromatic carbocycles. The summed E-state index contributed by atoms with van der Waals surface area (Å²) >= 11 is 0. The number of aryl methyl sites for hydroxylation is 1. The highest BCUT2D eigenvalue weighted by atomic mass is 16.6. The molecule has 2 rings (SSSR count). The van der Waals surface area contributed by atoms with E-state index in [0.717, 1.165) is 16.9 Å². The Morgan fingerprint density at radius 3 is 2.87 bits per heavy atom. The van der Waals surface area contributed by atoms with Crippen molar-refractivity contribution >= 4 is 5.97 Å². The van der Waals surface area contributed by atoms with Crippen molar-refractivity contribution in [1.82, 2.24) is 0 Å². The van der Waals surface area contributed by atoms with Crippen molar-refractivity contribution in [3.63, 3.8) is 0 Å². The van der Waals surface area contributed by atoms with E-state index < -0.39 is 5.97 Å². The molecule has 0 fully saturated rings. The molecule has 0 spiro atoms. The highest BCUT2D eigenvalue weighted by molar-refractivity contribution is 5.71. The van der Waals surface area contributed by atoms with Crippen LogP contribution in [0.25, 0.3) is 0 Å². The molecule has 0 atom stereocenters. The Morgan fingerprint density at radius 1 is 1.40 bits per heavy atom. The van der Waals surface area contributed by atoms with Gasteiger partial charge in [-0.15, -0.1) is 0 Å². The van der Waals surface area contributed by atoms with Gasteiger partial charge in [-0.2, -0.15) is 0 Å². The Labute approximate surface area is 87.4 Å². The maximum Gasteiger partial charge on any atom is 0.307 e. The van der Waals surface area contributed by atoms with Crippen LogP contribution in [0.2, 0.25) is 0 Å². The molecular weight excluding hydrogens is 196 g/mol. The quantitative estimate of drug-likeness (QED) is 0.798. The fraction of sp³-hybridized carbons (Fsp3) is 0.364. The van der Waals surface area contributed by atoms with Crippen molar-refractivity contribution in [2.75, 3.05) is 13.2 Å². The highest BCUT2D eigenvalue weighted by Gasteiger charge is 2.15. The number of rotatable bonds is 2. The molecule has 4 nitrogen and oxygen atoms in total. The Hall–Kier alpha value is -1.71. The lowest BCUT2D eigenvalue weighted by molar-refractivity contribution is -0.136. The van der Waals surface area contributed by atoms with Crippen LogP contribution in [-0.4, -0.2) is 24.3 Å². The summed E-state index contributed by atoms with van der Waals surface area (Å²) in [7, 11) is 0. The van der Waals surface area contributed by atoms with Gasteiger partial charge < -0.3 is 14.6 Å². The van der Waals surface area contributed by atoms with Gasteiger partial charge in [0.15, 0.2) is 11.5 Å². The second kappa shape index (κ2) is 3.81. The van der Waals surface area contributed by atoms with Crippen LogP contribution in [0, 0.1) is 6.92 Å². The molecule has 15 heavy (non-hydrogen) atoms. The lowest BCUT2D eigenvalue weighted by atomic mass is 10.1. The van der Waals surface area contributed by atoms with Gasteiger partial charge in [0.25, 0.3) is 0 Å². The average molecular weight is 208 g/mol. The summed E-state index contributed by atoms with van der Waals surface area (Å²) < 4.78 is 10.9. The Kier molecular flexibility index (Phi) is 2.49. The maximum atomic E-state index is 10.6. The number of ether oxygens (including phenoxy) is 2. The largest absolute Gasteiger partial charge is 0.486 e. The number of carboxylic acid groups (broad SMARTS) is 1. The molecule has 0 saturated carbocycles. The van der Waals surface area contributed by atoms with Crippen LogP contribution in [0.4, 0.5) is 0 Å². The highest BCUT2D eigenvalue weighted by Crippen LogP contribution is 2.34. The van der Waals surface area contributed by atoms with Crippen molar-refractivity contribution in [2.45, 2.75) is 13.3 Å². The standard InChI is InChI=1S/C11H12O4/c1-7-4-8(6-10(12)13)5-9-11(7)15-3-2-14-9/h4-5H,2-3,6H2,1H3,(H,12,13). The van der Waals surface area contributed by atoms with E-state index in [9.17, 15) is 4.79 Å². The second-order valence-electron chi connectivity index (χ2n) is 3.51. The first kappa shape index (κ1) is 9.83. The number of hydrogen-bond acceptors (Lipinski definition) is 3. The minimum atomic E-state index is -0.842. The molecule has 1 N–H and O–H groups in total. The first-order chi connectivity index (χ1) is 7.16. The topological polar surface area (TPSA) is 55.8 Å². The van der Waals surface area contributed by atoms with Crippen LogP contribution in [0.1, 0.15) is 11.1 Å². The zero-order chi connectivity index (χ0) is 10.8. The van der Waals surface area contributed by atoms with E-state index in [1.165, 1.54) is 0 Å². The summed E-state index contributed by atoms with van der Waals surface area (Å²) in [6, 6.07) is 3.55. The number of aliphatic carboxylic acids is 1. The Bertz CT molecular complexity index is 398. The molecule has 4 heteroatoms. The summed E-state index contributed by atoms with van der Waals surface area (Å²) in [6.45, 7) is 2.95. The van der Waals surface area contributed by atoms with Gasteiger partial charge in [-0.3, -0.25) is 4.79 Å². The van der Waals surface area contributed by atoms with E-state index in [1.807, 2.05) is 13.0 Å². The minimum absolute atomic E-state index is 0.0114.